The molecule has 1 N–H and O–H groups in total. The standard InChI is InChI=1S/C11H20N2O/c14-11-8-12-9-13(11)7-3-6-10-4-1-2-5-10/h10,12H,1-9H2. The molecular formula is C11H20N2O. The molecule has 3 heteroatoms. The molecule has 0 unspecified atom stereocenters. The van der Waals surface area contributed by atoms with Crippen LogP contribution in [0.1, 0.15) is 38.5 Å². The minimum absolute atomic E-state index is 0.274. The zero-order valence-corrected chi connectivity index (χ0v) is 8.80. The maximum atomic E-state index is 11.3. The summed E-state index contributed by atoms with van der Waals surface area (Å²) in [5, 5.41) is 3.08. The third-order valence-corrected chi connectivity index (χ3v) is 3.45. The minimum Gasteiger partial charge on any atom is -0.329 e. The molecule has 2 aliphatic rings. The van der Waals surface area contributed by atoms with Gasteiger partial charge in [0.1, 0.15) is 0 Å². The SMILES string of the molecule is O=C1CNCN1CCCC1CCCC1. The van der Waals surface area contributed by atoms with Crippen molar-refractivity contribution < 1.29 is 4.79 Å². The van der Waals surface area contributed by atoms with E-state index in [2.05, 4.69) is 5.32 Å². The third kappa shape index (κ3) is 2.47. The van der Waals surface area contributed by atoms with Crippen molar-refractivity contribution in [3.8, 4) is 0 Å². The molecule has 14 heavy (non-hydrogen) atoms. The van der Waals surface area contributed by atoms with Crippen molar-refractivity contribution in [1.29, 1.82) is 0 Å². The molecule has 80 valence electrons. The van der Waals surface area contributed by atoms with Gasteiger partial charge in [-0.15, -0.1) is 0 Å². The Morgan fingerprint density at radius 1 is 1.36 bits per heavy atom. The van der Waals surface area contributed by atoms with Crippen LogP contribution in [0.15, 0.2) is 0 Å². The number of nitrogens with one attached hydrogen (secondary N) is 1. The van der Waals surface area contributed by atoms with Gasteiger partial charge < -0.3 is 4.90 Å². The lowest BCUT2D eigenvalue weighted by molar-refractivity contribution is -0.126. The van der Waals surface area contributed by atoms with Gasteiger partial charge >= 0.3 is 0 Å². The van der Waals surface area contributed by atoms with Crippen LogP contribution in [0.2, 0.25) is 0 Å². The Bertz CT molecular complexity index is 199. The second kappa shape index (κ2) is 4.78. The monoisotopic (exact) mass is 196 g/mol. The van der Waals surface area contributed by atoms with Crippen LogP contribution in [0.25, 0.3) is 0 Å². The van der Waals surface area contributed by atoms with E-state index in [-0.39, 0.29) is 5.91 Å². The summed E-state index contributed by atoms with van der Waals surface area (Å²) in [6, 6.07) is 0. The van der Waals surface area contributed by atoms with Gasteiger partial charge in [0.15, 0.2) is 0 Å². The zero-order valence-electron chi connectivity index (χ0n) is 8.80. The highest BCUT2D eigenvalue weighted by Crippen LogP contribution is 2.28. The Hall–Kier alpha value is -0.570. The van der Waals surface area contributed by atoms with Crippen LogP contribution < -0.4 is 5.32 Å². The van der Waals surface area contributed by atoms with Crippen molar-refractivity contribution in [1.82, 2.24) is 10.2 Å². The fraction of sp³-hybridized carbons (Fsp3) is 0.909. The Morgan fingerprint density at radius 3 is 2.79 bits per heavy atom. The number of carbonyl (C=O) groups excluding carboxylic acids is 1. The molecule has 0 aromatic rings. The maximum Gasteiger partial charge on any atom is 0.237 e. The summed E-state index contributed by atoms with van der Waals surface area (Å²) in [5.41, 5.74) is 0. The number of nitrogens with zero attached hydrogens (tertiary/aromatic N) is 1. The van der Waals surface area contributed by atoms with Crippen LogP contribution in [-0.4, -0.2) is 30.6 Å². The quantitative estimate of drug-likeness (QED) is 0.736. The average Bonchev–Trinajstić information content (AvgIpc) is 2.78. The highest BCUT2D eigenvalue weighted by molar-refractivity contribution is 5.79. The van der Waals surface area contributed by atoms with E-state index in [9.17, 15) is 4.79 Å². The topological polar surface area (TPSA) is 32.3 Å². The number of rotatable bonds is 4. The predicted molar refractivity (Wildman–Crippen MR) is 55.8 cm³/mol. The first-order chi connectivity index (χ1) is 6.86. The van der Waals surface area contributed by atoms with Gasteiger partial charge in [0.2, 0.25) is 5.91 Å². The van der Waals surface area contributed by atoms with E-state index in [4.69, 9.17) is 0 Å². The minimum atomic E-state index is 0.274. The molecule has 2 fully saturated rings. The molecule has 0 aromatic heterocycles. The number of amides is 1. The van der Waals surface area contributed by atoms with Crippen molar-refractivity contribution in [3.63, 3.8) is 0 Å². The molecule has 1 saturated carbocycles. The van der Waals surface area contributed by atoms with E-state index in [1.54, 1.807) is 0 Å². The summed E-state index contributed by atoms with van der Waals surface area (Å²) in [7, 11) is 0. The van der Waals surface area contributed by atoms with Crippen molar-refractivity contribution in [2.24, 2.45) is 5.92 Å². The Kier molecular flexibility index (Phi) is 3.40. The summed E-state index contributed by atoms with van der Waals surface area (Å²) >= 11 is 0. The van der Waals surface area contributed by atoms with Crippen molar-refractivity contribution in [3.05, 3.63) is 0 Å². The van der Waals surface area contributed by atoms with E-state index in [0.717, 1.165) is 19.1 Å². The van der Waals surface area contributed by atoms with Crippen LogP contribution in [0.4, 0.5) is 0 Å². The molecule has 0 bridgehead atoms. The summed E-state index contributed by atoms with van der Waals surface area (Å²) in [4.78, 5) is 13.2. The van der Waals surface area contributed by atoms with Crippen LogP contribution in [0.3, 0.4) is 0 Å². The zero-order chi connectivity index (χ0) is 9.80. The van der Waals surface area contributed by atoms with Gasteiger partial charge in [0.25, 0.3) is 0 Å². The predicted octanol–water partition coefficient (Wildman–Crippen LogP) is 1.35. The second-order valence-electron chi connectivity index (χ2n) is 4.53. The molecule has 0 atom stereocenters. The Morgan fingerprint density at radius 2 is 2.14 bits per heavy atom. The molecule has 1 saturated heterocycles. The second-order valence-corrected chi connectivity index (χ2v) is 4.53. The van der Waals surface area contributed by atoms with E-state index in [1.807, 2.05) is 4.90 Å². The Balaban J connectivity index is 1.60. The number of carbonyl (C=O) groups is 1. The van der Waals surface area contributed by atoms with Gasteiger partial charge in [-0.3, -0.25) is 10.1 Å². The third-order valence-electron chi connectivity index (χ3n) is 3.45. The molecule has 1 amide bonds. The van der Waals surface area contributed by atoms with Crippen LogP contribution in [0, 0.1) is 5.92 Å². The highest BCUT2D eigenvalue weighted by Gasteiger charge is 2.20. The van der Waals surface area contributed by atoms with Gasteiger partial charge in [-0.2, -0.15) is 0 Å². The molecule has 1 heterocycles. The summed E-state index contributed by atoms with van der Waals surface area (Å²) in [6.45, 7) is 2.27. The van der Waals surface area contributed by atoms with Crippen LogP contribution >= 0.6 is 0 Å². The van der Waals surface area contributed by atoms with Crippen LogP contribution in [-0.2, 0) is 4.79 Å². The van der Waals surface area contributed by atoms with Gasteiger partial charge in [0.05, 0.1) is 13.2 Å². The first-order valence-electron chi connectivity index (χ1n) is 5.85. The van der Waals surface area contributed by atoms with Crippen molar-refractivity contribution >= 4 is 5.91 Å². The van der Waals surface area contributed by atoms with Gasteiger partial charge in [0, 0.05) is 6.54 Å². The molecule has 1 aliphatic carbocycles. The largest absolute Gasteiger partial charge is 0.329 e. The lowest BCUT2D eigenvalue weighted by atomic mass is 10.0. The lowest BCUT2D eigenvalue weighted by Gasteiger charge is -2.15. The maximum absolute atomic E-state index is 11.3. The fourth-order valence-corrected chi connectivity index (χ4v) is 2.57. The summed E-state index contributed by atoms with van der Waals surface area (Å²) in [6.07, 6.45) is 8.21. The van der Waals surface area contributed by atoms with Gasteiger partial charge in [-0.25, -0.2) is 0 Å². The van der Waals surface area contributed by atoms with Gasteiger partial charge in [-0.1, -0.05) is 25.7 Å². The molecule has 0 aromatic carbocycles. The summed E-state index contributed by atoms with van der Waals surface area (Å²) < 4.78 is 0. The number of hydrogen-bond acceptors (Lipinski definition) is 2. The molecule has 0 radical (unpaired) electrons. The molecule has 3 nitrogen and oxygen atoms in total. The van der Waals surface area contributed by atoms with Gasteiger partial charge in [-0.05, 0) is 18.8 Å². The fourth-order valence-electron chi connectivity index (χ4n) is 2.57. The van der Waals surface area contributed by atoms with E-state index < -0.39 is 0 Å². The first kappa shape index (κ1) is 9.97. The average molecular weight is 196 g/mol. The van der Waals surface area contributed by atoms with Crippen molar-refractivity contribution in [2.75, 3.05) is 19.8 Å². The normalized spacial score (nSPS) is 23.7. The smallest absolute Gasteiger partial charge is 0.237 e. The first-order valence-corrected chi connectivity index (χ1v) is 5.85. The highest BCUT2D eigenvalue weighted by atomic mass is 16.2. The molecule has 0 spiro atoms. The van der Waals surface area contributed by atoms with E-state index in [1.165, 1.54) is 38.5 Å². The molecular weight excluding hydrogens is 176 g/mol. The van der Waals surface area contributed by atoms with E-state index in [0.29, 0.717) is 6.54 Å². The van der Waals surface area contributed by atoms with Crippen LogP contribution in [0.5, 0.6) is 0 Å². The molecule has 2 rings (SSSR count). The summed E-state index contributed by atoms with van der Waals surface area (Å²) in [5.74, 6) is 1.23. The Labute approximate surface area is 85.8 Å². The number of hydrogen-bond donors (Lipinski definition) is 1. The lowest BCUT2D eigenvalue weighted by Crippen LogP contribution is -2.27. The molecule has 1 aliphatic heterocycles. The van der Waals surface area contributed by atoms with Crippen molar-refractivity contribution in [2.45, 2.75) is 38.5 Å². The van der Waals surface area contributed by atoms with E-state index >= 15 is 0 Å².